The first-order valence-electron chi connectivity index (χ1n) is 8.16. The van der Waals surface area contributed by atoms with E-state index in [0.717, 1.165) is 0 Å². The Bertz CT molecular complexity index is 703. The van der Waals surface area contributed by atoms with Crippen LogP contribution in [0.2, 0.25) is 0 Å². The fourth-order valence-electron chi connectivity index (χ4n) is 4.85. The fourth-order valence-corrected chi connectivity index (χ4v) is 4.85. The maximum absolute atomic E-state index is 4.32. The molecule has 0 bridgehead atoms. The molecule has 21 heavy (non-hydrogen) atoms. The molecular formula is C18H25N3. The number of fused-ring (bicyclic) bond motifs is 2. The van der Waals surface area contributed by atoms with Crippen molar-refractivity contribution in [3.05, 3.63) is 23.4 Å². The number of benzene rings is 1. The van der Waals surface area contributed by atoms with E-state index in [4.69, 9.17) is 0 Å². The van der Waals surface area contributed by atoms with E-state index in [0.29, 0.717) is 0 Å². The number of H-pyrrole nitrogens is 1. The summed E-state index contributed by atoms with van der Waals surface area (Å²) in [6.45, 7) is 12.0. The van der Waals surface area contributed by atoms with Gasteiger partial charge in [-0.05, 0) is 47.3 Å². The normalized spacial score (nSPS) is 23.0. The molecule has 3 heteroatoms. The van der Waals surface area contributed by atoms with Gasteiger partial charge in [0.15, 0.2) is 0 Å². The maximum atomic E-state index is 4.32. The largest absolute Gasteiger partial charge is 0.371 e. The van der Waals surface area contributed by atoms with Gasteiger partial charge in [-0.3, -0.25) is 5.10 Å². The average Bonchev–Trinajstić information content (AvgIpc) is 3.08. The lowest BCUT2D eigenvalue weighted by Crippen LogP contribution is -2.24. The lowest BCUT2D eigenvalue weighted by molar-refractivity contribution is 0.403. The predicted molar refractivity (Wildman–Crippen MR) is 88.2 cm³/mol. The van der Waals surface area contributed by atoms with E-state index in [1.54, 1.807) is 5.56 Å². The average molecular weight is 283 g/mol. The SMILES string of the molecule is CC1(C)CC(C)(C)c2c1cc1[nH]ncc1c2N1CCCC1. The maximum Gasteiger partial charge on any atom is 0.0674 e. The van der Waals surface area contributed by atoms with Gasteiger partial charge in [-0.15, -0.1) is 0 Å². The molecule has 1 aromatic heterocycles. The lowest BCUT2D eigenvalue weighted by Gasteiger charge is -2.28. The van der Waals surface area contributed by atoms with Gasteiger partial charge in [0, 0.05) is 18.5 Å². The Morgan fingerprint density at radius 1 is 1.10 bits per heavy atom. The third-order valence-corrected chi connectivity index (χ3v) is 5.43. The lowest BCUT2D eigenvalue weighted by atomic mass is 9.81. The first-order valence-corrected chi connectivity index (χ1v) is 8.16. The number of aromatic nitrogens is 2. The Balaban J connectivity index is 2.08. The zero-order valence-electron chi connectivity index (χ0n) is 13.6. The second-order valence-corrected chi connectivity index (χ2v) is 8.12. The van der Waals surface area contributed by atoms with Crippen LogP contribution in [0.15, 0.2) is 12.3 Å². The molecule has 3 nitrogen and oxygen atoms in total. The smallest absolute Gasteiger partial charge is 0.0674 e. The summed E-state index contributed by atoms with van der Waals surface area (Å²) in [5, 5.41) is 8.83. The summed E-state index contributed by atoms with van der Waals surface area (Å²) in [5.41, 5.74) is 6.23. The standard InChI is InChI=1S/C18H25N3/c1-17(2)11-18(3,4)15-13(17)9-14-12(10-19-20-14)16(15)21-7-5-6-8-21/h9-10H,5-8,11H2,1-4H3,(H,19,20). The highest BCUT2D eigenvalue weighted by molar-refractivity contribution is 5.96. The van der Waals surface area contributed by atoms with E-state index < -0.39 is 0 Å². The monoisotopic (exact) mass is 283 g/mol. The van der Waals surface area contributed by atoms with Crippen molar-refractivity contribution in [1.29, 1.82) is 0 Å². The predicted octanol–water partition coefficient (Wildman–Crippen LogP) is 4.12. The summed E-state index contributed by atoms with van der Waals surface area (Å²) in [4.78, 5) is 2.60. The van der Waals surface area contributed by atoms with Crippen LogP contribution < -0.4 is 4.90 Å². The summed E-state index contributed by atoms with van der Waals surface area (Å²) in [6, 6.07) is 2.35. The zero-order valence-corrected chi connectivity index (χ0v) is 13.6. The third-order valence-electron chi connectivity index (χ3n) is 5.43. The molecule has 0 spiro atoms. The fraction of sp³-hybridized carbons (Fsp3) is 0.611. The minimum atomic E-state index is 0.238. The Morgan fingerprint density at radius 3 is 2.52 bits per heavy atom. The molecule has 1 N–H and O–H groups in total. The van der Waals surface area contributed by atoms with Gasteiger partial charge in [0.25, 0.3) is 0 Å². The molecule has 0 atom stereocenters. The molecule has 0 saturated carbocycles. The zero-order chi connectivity index (χ0) is 14.8. The van der Waals surface area contributed by atoms with Crippen LogP contribution in [0.25, 0.3) is 10.9 Å². The van der Waals surface area contributed by atoms with Crippen molar-refractivity contribution in [3.8, 4) is 0 Å². The Morgan fingerprint density at radius 2 is 1.81 bits per heavy atom. The number of anilines is 1. The van der Waals surface area contributed by atoms with Gasteiger partial charge in [0.05, 0.1) is 17.4 Å². The highest BCUT2D eigenvalue weighted by Gasteiger charge is 2.45. The van der Waals surface area contributed by atoms with Gasteiger partial charge >= 0.3 is 0 Å². The highest BCUT2D eigenvalue weighted by atomic mass is 15.2. The molecule has 0 unspecified atom stereocenters. The Hall–Kier alpha value is -1.51. The number of nitrogens with zero attached hydrogens (tertiary/aromatic N) is 2. The van der Waals surface area contributed by atoms with E-state index in [-0.39, 0.29) is 10.8 Å². The minimum absolute atomic E-state index is 0.238. The van der Waals surface area contributed by atoms with Gasteiger partial charge in [-0.25, -0.2) is 0 Å². The van der Waals surface area contributed by atoms with Gasteiger partial charge in [0.1, 0.15) is 0 Å². The summed E-state index contributed by atoms with van der Waals surface area (Å²) in [7, 11) is 0. The molecule has 0 amide bonds. The number of nitrogens with one attached hydrogen (secondary N) is 1. The van der Waals surface area contributed by atoms with Crippen molar-refractivity contribution >= 4 is 16.6 Å². The molecule has 112 valence electrons. The minimum Gasteiger partial charge on any atom is -0.371 e. The summed E-state index contributed by atoms with van der Waals surface area (Å²) < 4.78 is 0. The molecule has 1 saturated heterocycles. The molecule has 1 aliphatic heterocycles. The van der Waals surface area contributed by atoms with Crippen LogP contribution >= 0.6 is 0 Å². The third kappa shape index (κ3) is 1.76. The van der Waals surface area contributed by atoms with Crippen LogP contribution in [0.3, 0.4) is 0 Å². The van der Waals surface area contributed by atoms with E-state index in [2.05, 4.69) is 48.9 Å². The van der Waals surface area contributed by atoms with Crippen LogP contribution in [0.4, 0.5) is 5.69 Å². The number of rotatable bonds is 1. The molecule has 2 aliphatic rings. The van der Waals surface area contributed by atoms with Gasteiger partial charge in [0.2, 0.25) is 0 Å². The highest BCUT2D eigenvalue weighted by Crippen LogP contribution is 2.54. The second-order valence-electron chi connectivity index (χ2n) is 8.12. The van der Waals surface area contributed by atoms with E-state index in [1.165, 1.54) is 54.5 Å². The van der Waals surface area contributed by atoms with Gasteiger partial charge < -0.3 is 4.90 Å². The molecule has 0 radical (unpaired) electrons. The van der Waals surface area contributed by atoms with Crippen LogP contribution in [-0.4, -0.2) is 23.3 Å². The van der Waals surface area contributed by atoms with Crippen molar-refractivity contribution < 1.29 is 0 Å². The molecule has 1 aliphatic carbocycles. The van der Waals surface area contributed by atoms with Gasteiger partial charge in [-0.1, -0.05) is 27.7 Å². The van der Waals surface area contributed by atoms with Crippen molar-refractivity contribution in [2.45, 2.75) is 57.8 Å². The number of hydrogen-bond donors (Lipinski definition) is 1. The first-order chi connectivity index (χ1) is 9.90. The van der Waals surface area contributed by atoms with Crippen LogP contribution in [-0.2, 0) is 10.8 Å². The molecule has 4 rings (SSSR count). The van der Waals surface area contributed by atoms with Crippen molar-refractivity contribution in [2.75, 3.05) is 18.0 Å². The van der Waals surface area contributed by atoms with Crippen LogP contribution in [0.5, 0.6) is 0 Å². The summed E-state index contributed by atoms with van der Waals surface area (Å²) in [5.74, 6) is 0. The van der Waals surface area contributed by atoms with Crippen molar-refractivity contribution in [3.63, 3.8) is 0 Å². The van der Waals surface area contributed by atoms with Gasteiger partial charge in [-0.2, -0.15) is 5.10 Å². The molecule has 1 fully saturated rings. The first kappa shape index (κ1) is 13.2. The van der Waals surface area contributed by atoms with E-state index >= 15 is 0 Å². The summed E-state index contributed by atoms with van der Waals surface area (Å²) >= 11 is 0. The molecular weight excluding hydrogens is 258 g/mol. The summed E-state index contributed by atoms with van der Waals surface area (Å²) in [6.07, 6.45) is 5.86. The second kappa shape index (κ2) is 4.02. The van der Waals surface area contributed by atoms with E-state index in [9.17, 15) is 0 Å². The van der Waals surface area contributed by atoms with Crippen LogP contribution in [0.1, 0.15) is 58.1 Å². The van der Waals surface area contributed by atoms with Crippen molar-refractivity contribution in [1.82, 2.24) is 10.2 Å². The van der Waals surface area contributed by atoms with E-state index in [1.807, 2.05) is 6.20 Å². The van der Waals surface area contributed by atoms with Crippen molar-refractivity contribution in [2.24, 2.45) is 0 Å². The number of aromatic amines is 1. The molecule has 2 aromatic rings. The molecule has 2 heterocycles. The Labute approximate surface area is 126 Å². The topological polar surface area (TPSA) is 31.9 Å². The van der Waals surface area contributed by atoms with Crippen LogP contribution in [0, 0.1) is 0 Å². The molecule has 1 aromatic carbocycles. The Kier molecular flexibility index (Phi) is 2.52. The quantitative estimate of drug-likeness (QED) is 0.853. The number of hydrogen-bond acceptors (Lipinski definition) is 2.